The number of hydrogen-bond acceptors (Lipinski definition) is 4. The maximum absolute atomic E-state index is 12.2. The fourth-order valence-corrected chi connectivity index (χ4v) is 3.34. The van der Waals surface area contributed by atoms with Crippen LogP contribution in [0.2, 0.25) is 10.0 Å². The summed E-state index contributed by atoms with van der Waals surface area (Å²) < 4.78 is 10.3. The van der Waals surface area contributed by atoms with Crippen molar-refractivity contribution in [3.63, 3.8) is 0 Å². The molecule has 0 aliphatic rings. The zero-order valence-corrected chi connectivity index (χ0v) is 19.6. The van der Waals surface area contributed by atoms with Crippen molar-refractivity contribution in [2.75, 3.05) is 6.61 Å². The molecule has 2 rings (SSSR count). The predicted octanol–water partition coefficient (Wildman–Crippen LogP) is 6.22. The molecule has 1 amide bonds. The molecular formula is C24H27Cl2NO4. The van der Waals surface area contributed by atoms with Crippen molar-refractivity contribution in [2.24, 2.45) is 0 Å². The molecule has 31 heavy (non-hydrogen) atoms. The van der Waals surface area contributed by atoms with Gasteiger partial charge in [-0.3, -0.25) is 0 Å². The fraction of sp³-hybridized carbons (Fsp3) is 0.333. The molecule has 2 aromatic carbocycles. The largest absolute Gasteiger partial charge is 0.463 e. The molecule has 1 unspecified atom stereocenters. The van der Waals surface area contributed by atoms with Gasteiger partial charge in [-0.05, 0) is 69.0 Å². The van der Waals surface area contributed by atoms with Gasteiger partial charge in [0.15, 0.2) is 0 Å². The van der Waals surface area contributed by atoms with E-state index in [4.69, 9.17) is 32.7 Å². The number of ether oxygens (including phenoxy) is 2. The molecule has 7 heteroatoms. The number of esters is 1. The molecule has 0 saturated heterocycles. The summed E-state index contributed by atoms with van der Waals surface area (Å²) >= 11 is 12.2. The zero-order chi connectivity index (χ0) is 23.0. The van der Waals surface area contributed by atoms with Gasteiger partial charge in [0.1, 0.15) is 5.60 Å². The summed E-state index contributed by atoms with van der Waals surface area (Å²) in [5.41, 5.74) is 2.22. The summed E-state index contributed by atoms with van der Waals surface area (Å²) in [7, 11) is 0. The second-order valence-corrected chi connectivity index (χ2v) is 8.80. The topological polar surface area (TPSA) is 64.6 Å². The first kappa shape index (κ1) is 24.8. The average molecular weight is 464 g/mol. The van der Waals surface area contributed by atoms with Crippen molar-refractivity contribution in [3.05, 3.63) is 70.2 Å². The van der Waals surface area contributed by atoms with Crippen LogP contribution in [-0.2, 0) is 20.7 Å². The molecule has 0 spiro atoms. The number of nitrogens with one attached hydrogen (secondary N) is 1. The van der Waals surface area contributed by atoms with Crippen LogP contribution < -0.4 is 5.32 Å². The van der Waals surface area contributed by atoms with Gasteiger partial charge < -0.3 is 14.8 Å². The van der Waals surface area contributed by atoms with Gasteiger partial charge in [0.05, 0.1) is 12.6 Å². The molecule has 1 N–H and O–H groups in total. The highest BCUT2D eigenvalue weighted by molar-refractivity contribution is 6.35. The minimum Gasteiger partial charge on any atom is -0.463 e. The lowest BCUT2D eigenvalue weighted by molar-refractivity contribution is -0.137. The quantitative estimate of drug-likeness (QED) is 0.391. The number of carbonyl (C=O) groups excluding carboxylic acids is 2. The Morgan fingerprint density at radius 2 is 1.65 bits per heavy atom. The third-order valence-corrected chi connectivity index (χ3v) is 4.50. The molecule has 0 saturated carbocycles. The summed E-state index contributed by atoms with van der Waals surface area (Å²) in [6.07, 6.45) is 2.82. The van der Waals surface area contributed by atoms with E-state index in [1.54, 1.807) is 39.8 Å². The van der Waals surface area contributed by atoms with Crippen LogP contribution in [0.1, 0.15) is 33.3 Å². The smallest absolute Gasteiger partial charge is 0.408 e. The molecule has 0 fully saturated rings. The van der Waals surface area contributed by atoms with Crippen LogP contribution in [0, 0.1) is 0 Å². The summed E-state index contributed by atoms with van der Waals surface area (Å²) in [6.45, 7) is 7.38. The molecule has 0 radical (unpaired) electrons. The van der Waals surface area contributed by atoms with Gasteiger partial charge in [-0.1, -0.05) is 53.5 Å². The van der Waals surface area contributed by atoms with Gasteiger partial charge in [-0.15, -0.1) is 0 Å². The van der Waals surface area contributed by atoms with Gasteiger partial charge in [0.25, 0.3) is 0 Å². The first-order valence-corrected chi connectivity index (χ1v) is 10.7. The fourth-order valence-electron chi connectivity index (χ4n) is 2.82. The lowest BCUT2D eigenvalue weighted by Gasteiger charge is -2.22. The number of carbonyl (C=O) groups is 2. The van der Waals surface area contributed by atoms with Gasteiger partial charge >= 0.3 is 12.1 Å². The Morgan fingerprint density at radius 3 is 2.19 bits per heavy atom. The van der Waals surface area contributed by atoms with Crippen molar-refractivity contribution in [1.82, 2.24) is 5.32 Å². The van der Waals surface area contributed by atoms with E-state index < -0.39 is 23.7 Å². The predicted molar refractivity (Wildman–Crippen MR) is 125 cm³/mol. The third kappa shape index (κ3) is 9.03. The lowest BCUT2D eigenvalue weighted by Crippen LogP contribution is -2.39. The third-order valence-electron chi connectivity index (χ3n) is 4.06. The highest BCUT2D eigenvalue weighted by Gasteiger charge is 2.19. The van der Waals surface area contributed by atoms with Crippen LogP contribution >= 0.6 is 23.2 Å². The van der Waals surface area contributed by atoms with Crippen molar-refractivity contribution in [1.29, 1.82) is 0 Å². The Balaban J connectivity index is 2.16. The van der Waals surface area contributed by atoms with E-state index in [2.05, 4.69) is 5.32 Å². The molecule has 0 bridgehead atoms. The van der Waals surface area contributed by atoms with Gasteiger partial charge in [0, 0.05) is 16.1 Å². The van der Waals surface area contributed by atoms with E-state index in [9.17, 15) is 9.59 Å². The van der Waals surface area contributed by atoms with Crippen molar-refractivity contribution >= 4 is 35.3 Å². The second kappa shape index (κ2) is 11.2. The Morgan fingerprint density at radius 1 is 1.03 bits per heavy atom. The van der Waals surface area contributed by atoms with E-state index in [-0.39, 0.29) is 6.61 Å². The number of alkyl carbamates (subject to hydrolysis) is 1. The number of hydrogen-bond donors (Lipinski definition) is 1. The summed E-state index contributed by atoms with van der Waals surface area (Å²) in [6, 6.07) is 12.7. The first-order chi connectivity index (χ1) is 14.6. The maximum atomic E-state index is 12.2. The molecule has 1 atom stereocenters. The van der Waals surface area contributed by atoms with Crippen LogP contribution in [0.4, 0.5) is 4.79 Å². The molecule has 5 nitrogen and oxygen atoms in total. The normalized spacial score (nSPS) is 12.5. The van der Waals surface area contributed by atoms with Crippen LogP contribution in [0.15, 0.2) is 54.6 Å². The van der Waals surface area contributed by atoms with Crippen LogP contribution in [-0.4, -0.2) is 30.3 Å². The number of amides is 1. The number of benzene rings is 2. The van der Waals surface area contributed by atoms with Crippen molar-refractivity contribution < 1.29 is 19.1 Å². The average Bonchev–Trinajstić information content (AvgIpc) is 2.64. The van der Waals surface area contributed by atoms with Gasteiger partial charge in [0.2, 0.25) is 0 Å². The van der Waals surface area contributed by atoms with Crippen LogP contribution in [0.3, 0.4) is 0 Å². The number of halogens is 2. The monoisotopic (exact) mass is 463 g/mol. The maximum Gasteiger partial charge on any atom is 0.408 e. The van der Waals surface area contributed by atoms with E-state index in [0.717, 1.165) is 16.7 Å². The first-order valence-electron chi connectivity index (χ1n) is 9.95. The molecule has 2 aromatic rings. The molecule has 0 aliphatic heterocycles. The minimum atomic E-state index is -0.626. The Kier molecular flexibility index (Phi) is 8.96. The van der Waals surface area contributed by atoms with Crippen LogP contribution in [0.5, 0.6) is 0 Å². The molecule has 0 aliphatic carbocycles. The standard InChI is InChI=1S/C24H27Cl2NO4/c1-5-30-22(28)11-10-21(27-23(29)31-24(2,3)4)12-16-6-8-17(9-7-16)18-13-19(25)15-20(26)14-18/h6-11,13-15,21H,5,12H2,1-4H3,(H,27,29). The van der Waals surface area contributed by atoms with Crippen molar-refractivity contribution in [2.45, 2.75) is 45.8 Å². The Bertz CT molecular complexity index is 913. The SMILES string of the molecule is CCOC(=O)C=CC(Cc1ccc(-c2cc(Cl)cc(Cl)c2)cc1)NC(=O)OC(C)(C)C. The van der Waals surface area contributed by atoms with Gasteiger partial charge in [-0.2, -0.15) is 0 Å². The summed E-state index contributed by atoms with van der Waals surface area (Å²) in [5.74, 6) is -0.466. The molecule has 0 aromatic heterocycles. The van der Waals surface area contributed by atoms with E-state index in [1.165, 1.54) is 6.08 Å². The lowest BCUT2D eigenvalue weighted by atomic mass is 10.0. The zero-order valence-electron chi connectivity index (χ0n) is 18.1. The van der Waals surface area contributed by atoms with Crippen molar-refractivity contribution in [3.8, 4) is 11.1 Å². The second-order valence-electron chi connectivity index (χ2n) is 7.92. The van der Waals surface area contributed by atoms with Crippen LogP contribution in [0.25, 0.3) is 11.1 Å². The summed E-state index contributed by atoms with van der Waals surface area (Å²) in [4.78, 5) is 23.9. The van der Waals surface area contributed by atoms with Gasteiger partial charge in [-0.25, -0.2) is 9.59 Å². The van der Waals surface area contributed by atoms with E-state index >= 15 is 0 Å². The van der Waals surface area contributed by atoms with E-state index in [1.807, 2.05) is 36.4 Å². The highest BCUT2D eigenvalue weighted by atomic mass is 35.5. The molecule has 166 valence electrons. The number of rotatable bonds is 7. The summed E-state index contributed by atoms with van der Waals surface area (Å²) in [5, 5.41) is 3.92. The Hall–Kier alpha value is -2.50. The molecule has 0 heterocycles. The Labute approximate surface area is 193 Å². The highest BCUT2D eigenvalue weighted by Crippen LogP contribution is 2.27. The van der Waals surface area contributed by atoms with E-state index in [0.29, 0.717) is 16.5 Å². The molecular weight excluding hydrogens is 437 g/mol. The minimum absolute atomic E-state index is 0.280.